The van der Waals surface area contributed by atoms with Crippen LogP contribution in [0.3, 0.4) is 0 Å². The molecule has 0 saturated heterocycles. The number of nitrogens with one attached hydrogen (secondary N) is 1. The summed E-state index contributed by atoms with van der Waals surface area (Å²) in [6.45, 7) is 4.09. The molecule has 0 aromatic rings. The summed E-state index contributed by atoms with van der Waals surface area (Å²) in [5.74, 6) is -0.586. The molecule has 0 aromatic carbocycles. The Morgan fingerprint density at radius 3 is 0.952 bits per heavy atom. The maximum Gasteiger partial charge on any atom is 0.249 e. The van der Waals surface area contributed by atoms with E-state index in [-0.39, 0.29) is 0 Å². The minimum absolute atomic E-state index is 0.369. The van der Waals surface area contributed by atoms with Gasteiger partial charge in [-0.05, 0) is 38.5 Å². The number of carbonyl (C=O) groups excluding carboxylic acids is 1. The molecule has 4 atom stereocenters. The molecule has 4 unspecified atom stereocenters. The van der Waals surface area contributed by atoms with Crippen LogP contribution in [0.4, 0.5) is 0 Å². The van der Waals surface area contributed by atoms with Gasteiger partial charge in [0.1, 0.15) is 12.2 Å². The molecule has 63 heavy (non-hydrogen) atoms. The molecule has 376 valence electrons. The number of amides is 1. The molecule has 6 nitrogen and oxygen atoms in total. The van der Waals surface area contributed by atoms with Crippen LogP contribution in [0.5, 0.6) is 0 Å². The molecule has 0 radical (unpaired) electrons. The van der Waals surface area contributed by atoms with E-state index in [9.17, 15) is 25.2 Å². The molecule has 0 aliphatic rings. The zero-order chi connectivity index (χ0) is 45.9. The van der Waals surface area contributed by atoms with Crippen LogP contribution in [0.2, 0.25) is 0 Å². The molecule has 0 rings (SSSR count). The smallest absolute Gasteiger partial charge is 0.249 e. The van der Waals surface area contributed by atoms with E-state index in [1.807, 2.05) is 0 Å². The number of aliphatic hydroxyl groups excluding tert-OH is 4. The fourth-order valence-corrected chi connectivity index (χ4v) is 9.23. The third kappa shape index (κ3) is 46.0. The molecule has 0 bridgehead atoms. The molecule has 0 aliphatic heterocycles. The van der Waals surface area contributed by atoms with Crippen LogP contribution >= 0.6 is 0 Å². The predicted octanol–water partition coefficient (Wildman–Crippen LogP) is 16.5. The summed E-state index contributed by atoms with van der Waals surface area (Å²) in [4.78, 5) is 12.6. The van der Waals surface area contributed by atoms with E-state index in [1.165, 1.54) is 250 Å². The van der Waals surface area contributed by atoms with Gasteiger partial charge in [-0.25, -0.2) is 0 Å². The Balaban J connectivity index is 3.62. The fraction of sp³-hybridized carbons (Fsp3) is 0.947. The average Bonchev–Trinajstić information content (AvgIpc) is 3.29. The van der Waals surface area contributed by atoms with Gasteiger partial charge in [0.05, 0.1) is 18.8 Å². The summed E-state index contributed by atoms with van der Waals surface area (Å²) in [5.41, 5.74) is 0. The summed E-state index contributed by atoms with van der Waals surface area (Å²) >= 11 is 0. The van der Waals surface area contributed by atoms with Gasteiger partial charge in [0.15, 0.2) is 0 Å². The highest BCUT2D eigenvalue weighted by Gasteiger charge is 2.28. The van der Waals surface area contributed by atoms with Crippen molar-refractivity contribution >= 4 is 5.91 Å². The molecule has 0 saturated carbocycles. The van der Waals surface area contributed by atoms with Crippen LogP contribution < -0.4 is 5.32 Å². The molecule has 1 amide bonds. The quantitative estimate of drug-likeness (QED) is 0.0309. The Morgan fingerprint density at radius 1 is 0.381 bits per heavy atom. The number of rotatable bonds is 53. The lowest BCUT2D eigenvalue weighted by Gasteiger charge is -2.27. The predicted molar refractivity (Wildman–Crippen MR) is 275 cm³/mol. The lowest BCUT2D eigenvalue weighted by molar-refractivity contribution is -0.132. The van der Waals surface area contributed by atoms with E-state index in [1.54, 1.807) is 0 Å². The number of hydrogen-bond donors (Lipinski definition) is 5. The van der Waals surface area contributed by atoms with Crippen LogP contribution in [0, 0.1) is 0 Å². The van der Waals surface area contributed by atoms with Crippen molar-refractivity contribution in [1.29, 1.82) is 0 Å². The Bertz CT molecular complexity index is 913. The van der Waals surface area contributed by atoms with Crippen LogP contribution in [0.25, 0.3) is 0 Å². The lowest BCUT2D eigenvalue weighted by Crippen LogP contribution is -2.53. The molecule has 0 aliphatic carbocycles. The van der Waals surface area contributed by atoms with Gasteiger partial charge in [-0.15, -0.1) is 0 Å². The van der Waals surface area contributed by atoms with Crippen molar-refractivity contribution in [3.8, 4) is 0 Å². The summed E-state index contributed by atoms with van der Waals surface area (Å²) in [6.07, 6.45) is 61.4. The number of hydrogen-bond acceptors (Lipinski definition) is 5. The largest absolute Gasteiger partial charge is 0.394 e. The van der Waals surface area contributed by atoms with E-state index in [4.69, 9.17) is 0 Å². The van der Waals surface area contributed by atoms with E-state index >= 15 is 0 Å². The van der Waals surface area contributed by atoms with E-state index in [0.29, 0.717) is 12.8 Å². The molecule has 5 N–H and O–H groups in total. The van der Waals surface area contributed by atoms with Crippen molar-refractivity contribution in [2.75, 3.05) is 6.61 Å². The summed E-state index contributed by atoms with van der Waals surface area (Å²) in [7, 11) is 0. The molecular weight excluding hydrogens is 779 g/mol. The number of unbranched alkanes of at least 4 members (excludes halogenated alkanes) is 42. The third-order valence-electron chi connectivity index (χ3n) is 13.7. The molecule has 0 heterocycles. The third-order valence-corrected chi connectivity index (χ3v) is 13.7. The monoisotopic (exact) mass is 892 g/mol. The van der Waals surface area contributed by atoms with Crippen molar-refractivity contribution in [2.24, 2.45) is 0 Å². The first-order valence-electron chi connectivity index (χ1n) is 28.6. The molecule has 0 spiro atoms. The van der Waals surface area contributed by atoms with E-state index in [2.05, 4.69) is 31.3 Å². The van der Waals surface area contributed by atoms with E-state index < -0.39 is 36.9 Å². The Morgan fingerprint density at radius 2 is 0.651 bits per heavy atom. The lowest BCUT2D eigenvalue weighted by atomic mass is 10.00. The maximum atomic E-state index is 12.6. The second-order valence-electron chi connectivity index (χ2n) is 20.0. The molecule has 0 fully saturated rings. The Labute approximate surface area is 393 Å². The Kier molecular flexibility index (Phi) is 51.2. The van der Waals surface area contributed by atoms with Gasteiger partial charge in [0.25, 0.3) is 0 Å². The maximum absolute atomic E-state index is 12.6. The summed E-state index contributed by atoms with van der Waals surface area (Å²) < 4.78 is 0. The zero-order valence-corrected chi connectivity index (χ0v) is 42.6. The van der Waals surface area contributed by atoms with Crippen LogP contribution in [0.1, 0.15) is 316 Å². The first kappa shape index (κ1) is 62.1. The molecular formula is C57H113NO5. The van der Waals surface area contributed by atoms with Crippen molar-refractivity contribution < 1.29 is 25.2 Å². The fourth-order valence-electron chi connectivity index (χ4n) is 9.23. The second-order valence-corrected chi connectivity index (χ2v) is 20.0. The highest BCUT2D eigenvalue weighted by Crippen LogP contribution is 2.18. The highest BCUT2D eigenvalue weighted by atomic mass is 16.3. The van der Waals surface area contributed by atoms with Crippen molar-refractivity contribution in [3.05, 3.63) is 12.2 Å². The van der Waals surface area contributed by atoms with Gasteiger partial charge >= 0.3 is 0 Å². The zero-order valence-electron chi connectivity index (χ0n) is 42.6. The molecule has 0 aromatic heterocycles. The van der Waals surface area contributed by atoms with Gasteiger partial charge in [-0.2, -0.15) is 0 Å². The van der Waals surface area contributed by atoms with E-state index in [0.717, 1.165) is 38.5 Å². The first-order chi connectivity index (χ1) is 31.0. The molecule has 6 heteroatoms. The van der Waals surface area contributed by atoms with Gasteiger partial charge < -0.3 is 25.7 Å². The minimum Gasteiger partial charge on any atom is -0.394 e. The minimum atomic E-state index is -1.28. The highest BCUT2D eigenvalue weighted by molar-refractivity contribution is 5.80. The topological polar surface area (TPSA) is 110 Å². The SMILES string of the molecule is CCCCCCCCCCCCCCCCCCC/C=C/CCCC(O)C(O)C(CO)NC(=O)C(O)CCCCCCCCCCCCCCCCCCCCCCCCCCC. The normalized spacial score (nSPS) is 13.8. The second kappa shape index (κ2) is 52.0. The van der Waals surface area contributed by atoms with Crippen molar-refractivity contribution in [3.63, 3.8) is 0 Å². The number of allylic oxidation sites excluding steroid dienone is 2. The Hall–Kier alpha value is -0.950. The first-order valence-corrected chi connectivity index (χ1v) is 28.6. The number of carbonyl (C=O) groups is 1. The van der Waals surface area contributed by atoms with Gasteiger partial charge in [-0.1, -0.05) is 289 Å². The van der Waals surface area contributed by atoms with Crippen molar-refractivity contribution in [1.82, 2.24) is 5.32 Å². The van der Waals surface area contributed by atoms with Gasteiger partial charge in [-0.3, -0.25) is 4.79 Å². The average molecular weight is 893 g/mol. The summed E-state index contributed by atoms with van der Waals surface area (Å²) in [6, 6.07) is -0.999. The van der Waals surface area contributed by atoms with Crippen molar-refractivity contribution in [2.45, 2.75) is 340 Å². The van der Waals surface area contributed by atoms with Gasteiger partial charge in [0.2, 0.25) is 5.91 Å². The van der Waals surface area contributed by atoms with Crippen LogP contribution in [-0.2, 0) is 4.79 Å². The summed E-state index contributed by atoms with van der Waals surface area (Å²) in [5, 5.41) is 44.0. The van der Waals surface area contributed by atoms with Crippen LogP contribution in [0.15, 0.2) is 12.2 Å². The van der Waals surface area contributed by atoms with Crippen LogP contribution in [-0.4, -0.2) is 57.3 Å². The standard InChI is InChI=1S/C57H113NO5/c1-3-5-7-9-11-13-15-17-19-21-23-25-27-28-29-31-33-35-37-39-41-43-45-47-49-51-55(61)57(63)58-53(52-59)56(62)54(60)50-48-46-44-42-40-38-36-34-32-30-26-24-22-20-18-16-14-12-10-8-6-4-2/h42,44,53-56,59-62H,3-41,43,45-52H2,1-2H3,(H,58,63)/b44-42+. The van der Waals surface area contributed by atoms with Gasteiger partial charge in [0, 0.05) is 0 Å². The number of aliphatic hydroxyl groups is 4.